The van der Waals surface area contributed by atoms with E-state index in [2.05, 4.69) is 121 Å². The van der Waals surface area contributed by atoms with Crippen LogP contribution in [-0.2, 0) is 0 Å². The molecule has 6 rings (SSSR count). The highest BCUT2D eigenvalue weighted by Gasteiger charge is 2.42. The molecule has 0 spiro atoms. The lowest BCUT2D eigenvalue weighted by atomic mass is 10.2. The number of hydrogen-bond donors (Lipinski definition) is 0. The molecule has 3 nitrogen and oxygen atoms in total. The molecule has 5 heteroatoms. The molecular weight excluding hydrogens is 540 g/mol. The fourth-order valence-corrected chi connectivity index (χ4v) is 11.1. The Morgan fingerprint density at radius 1 is 0.610 bits per heavy atom. The zero-order chi connectivity index (χ0) is 27.9. The third-order valence-electron chi connectivity index (χ3n) is 7.54. The van der Waals surface area contributed by atoms with E-state index in [1.54, 1.807) is 0 Å². The van der Waals surface area contributed by atoms with Crippen LogP contribution in [0, 0.1) is 0 Å². The second-order valence-electron chi connectivity index (χ2n) is 10.2. The zero-order valence-electron chi connectivity index (χ0n) is 22.9. The van der Waals surface area contributed by atoms with E-state index >= 15 is 0 Å². The second kappa shape index (κ2) is 13.3. The molecule has 1 heterocycles. The first-order valence-electron chi connectivity index (χ1n) is 14.1. The van der Waals surface area contributed by atoms with Crippen LogP contribution in [-0.4, -0.2) is 35.4 Å². The Bertz CT molecular complexity index is 1440. The second-order valence-corrected chi connectivity index (χ2v) is 15.0. The summed E-state index contributed by atoms with van der Waals surface area (Å²) >= 11 is 0. The van der Waals surface area contributed by atoms with Gasteiger partial charge in [0.05, 0.1) is 0 Å². The minimum absolute atomic E-state index is 0.0696. The van der Waals surface area contributed by atoms with Gasteiger partial charge in [-0.15, -0.1) is 0 Å². The third-order valence-corrected chi connectivity index (χ3v) is 13.0. The summed E-state index contributed by atoms with van der Waals surface area (Å²) < 4.78 is 5.96. The van der Waals surface area contributed by atoms with Gasteiger partial charge in [-0.1, -0.05) is 140 Å². The zero-order valence-corrected chi connectivity index (χ0v) is 24.7. The SMILES string of the molecule is O=C(Oc1ccccc1)N1C[C@@H](P(c2ccccc2)c2ccccc2)C[C@H]1CP(c1ccccc1)c1ccccc1. The van der Waals surface area contributed by atoms with Gasteiger partial charge in [-0.2, -0.15) is 0 Å². The predicted octanol–water partition coefficient (Wildman–Crippen LogP) is 6.89. The van der Waals surface area contributed by atoms with Crippen LogP contribution < -0.4 is 26.0 Å². The topological polar surface area (TPSA) is 29.5 Å². The molecule has 0 radical (unpaired) electrons. The molecule has 5 aromatic rings. The van der Waals surface area contributed by atoms with E-state index < -0.39 is 15.8 Å². The summed E-state index contributed by atoms with van der Waals surface area (Å²) in [7, 11) is -1.33. The Morgan fingerprint density at radius 2 is 1.02 bits per heavy atom. The van der Waals surface area contributed by atoms with Gasteiger partial charge in [-0.05, 0) is 61.8 Å². The molecule has 0 saturated carbocycles. The Labute approximate surface area is 245 Å². The Morgan fingerprint density at radius 3 is 1.49 bits per heavy atom. The number of para-hydroxylation sites is 1. The fourth-order valence-electron chi connectivity index (χ4n) is 5.66. The van der Waals surface area contributed by atoms with Crippen LogP contribution >= 0.6 is 15.8 Å². The molecule has 0 unspecified atom stereocenters. The Kier molecular flexibility index (Phi) is 8.86. The first-order chi connectivity index (χ1) is 20.3. The van der Waals surface area contributed by atoms with Gasteiger partial charge in [0.15, 0.2) is 0 Å². The molecular formula is C36H33NO2P2. The molecule has 0 N–H and O–H groups in total. The lowest BCUT2D eigenvalue weighted by molar-refractivity contribution is 0.151. The van der Waals surface area contributed by atoms with Gasteiger partial charge in [0, 0.05) is 18.2 Å². The molecule has 41 heavy (non-hydrogen) atoms. The average Bonchev–Trinajstić information content (AvgIpc) is 3.46. The highest BCUT2D eigenvalue weighted by molar-refractivity contribution is 7.74. The predicted molar refractivity (Wildman–Crippen MR) is 174 cm³/mol. The number of ether oxygens (including phenoxy) is 1. The van der Waals surface area contributed by atoms with Crippen molar-refractivity contribution < 1.29 is 9.53 Å². The summed E-state index contributed by atoms with van der Waals surface area (Å²) in [6.45, 7) is 0.679. The maximum Gasteiger partial charge on any atom is 0.415 e. The minimum Gasteiger partial charge on any atom is -0.410 e. The highest BCUT2D eigenvalue weighted by Crippen LogP contribution is 2.48. The molecule has 0 aromatic heterocycles. The van der Waals surface area contributed by atoms with E-state index in [1.807, 2.05) is 35.2 Å². The first kappa shape index (κ1) is 27.4. The largest absolute Gasteiger partial charge is 0.415 e. The van der Waals surface area contributed by atoms with Crippen molar-refractivity contribution in [1.82, 2.24) is 4.90 Å². The number of hydrogen-bond acceptors (Lipinski definition) is 2. The van der Waals surface area contributed by atoms with E-state index in [-0.39, 0.29) is 12.1 Å². The van der Waals surface area contributed by atoms with Crippen molar-refractivity contribution in [2.24, 2.45) is 0 Å². The van der Waals surface area contributed by atoms with Gasteiger partial charge in [0.25, 0.3) is 0 Å². The number of rotatable bonds is 8. The molecule has 1 fully saturated rings. The van der Waals surface area contributed by atoms with Gasteiger partial charge in [-0.3, -0.25) is 0 Å². The molecule has 0 aliphatic carbocycles. The van der Waals surface area contributed by atoms with Gasteiger partial charge in [0.2, 0.25) is 0 Å². The Hall–Kier alpha value is -3.77. The van der Waals surface area contributed by atoms with E-state index in [0.29, 0.717) is 18.0 Å². The van der Waals surface area contributed by atoms with E-state index in [9.17, 15) is 4.79 Å². The summed E-state index contributed by atoms with van der Waals surface area (Å²) in [4.78, 5) is 15.9. The van der Waals surface area contributed by atoms with Crippen molar-refractivity contribution in [3.63, 3.8) is 0 Å². The quantitative estimate of drug-likeness (QED) is 0.189. The summed E-state index contributed by atoms with van der Waals surface area (Å²) in [6.07, 6.45) is 1.59. The van der Waals surface area contributed by atoms with Crippen LogP contribution in [0.2, 0.25) is 0 Å². The summed E-state index contributed by atoms with van der Waals surface area (Å²) in [5.74, 6) is 0.585. The summed E-state index contributed by atoms with van der Waals surface area (Å²) in [5, 5.41) is 5.37. The normalized spacial score (nSPS) is 16.7. The Balaban J connectivity index is 1.36. The van der Waals surface area contributed by atoms with E-state index in [0.717, 1.165) is 12.6 Å². The van der Waals surface area contributed by atoms with Crippen molar-refractivity contribution >= 4 is 43.2 Å². The molecule has 1 aliphatic heterocycles. The van der Waals surface area contributed by atoms with Crippen LogP contribution in [0.4, 0.5) is 4.79 Å². The molecule has 0 bridgehead atoms. The van der Waals surface area contributed by atoms with Crippen LogP contribution in [0.3, 0.4) is 0 Å². The van der Waals surface area contributed by atoms with Gasteiger partial charge >= 0.3 is 6.09 Å². The maximum absolute atomic E-state index is 13.8. The van der Waals surface area contributed by atoms with Crippen molar-refractivity contribution in [2.75, 3.05) is 12.7 Å². The summed E-state index contributed by atoms with van der Waals surface area (Å²) in [5.41, 5.74) is 0.325. The number of benzene rings is 5. The van der Waals surface area contributed by atoms with Crippen LogP contribution in [0.25, 0.3) is 0 Å². The minimum atomic E-state index is -0.665. The lowest BCUT2D eigenvalue weighted by Crippen LogP contribution is -2.40. The standard InChI is InChI=1S/C36H33NO2P2/c38-36(39-30-16-6-1-7-17-30)37-27-35(41(33-22-12-4-13-23-33)34-24-14-5-15-25-34)26-29(37)28-40(31-18-8-2-9-19-31)32-20-10-3-11-21-32/h1-25,29,35H,26-28H2/t29-,35-/m0/s1. The van der Waals surface area contributed by atoms with Crippen molar-refractivity contribution in [3.05, 3.63) is 152 Å². The van der Waals surface area contributed by atoms with Crippen molar-refractivity contribution in [2.45, 2.75) is 18.1 Å². The highest BCUT2D eigenvalue weighted by atomic mass is 31.1. The van der Waals surface area contributed by atoms with Crippen molar-refractivity contribution in [3.8, 4) is 5.75 Å². The van der Waals surface area contributed by atoms with Crippen LogP contribution in [0.5, 0.6) is 5.75 Å². The number of likely N-dealkylation sites (tertiary alicyclic amines) is 1. The van der Waals surface area contributed by atoms with Crippen molar-refractivity contribution in [1.29, 1.82) is 0 Å². The molecule has 1 aliphatic rings. The number of carbonyl (C=O) groups excluding carboxylic acids is 1. The molecule has 5 aromatic carbocycles. The maximum atomic E-state index is 13.8. The van der Waals surface area contributed by atoms with Crippen LogP contribution in [0.1, 0.15) is 6.42 Å². The van der Waals surface area contributed by atoms with E-state index in [1.165, 1.54) is 21.2 Å². The third kappa shape index (κ3) is 6.59. The number of nitrogens with zero attached hydrogens (tertiary/aromatic N) is 1. The number of carbonyl (C=O) groups is 1. The van der Waals surface area contributed by atoms with E-state index in [4.69, 9.17) is 4.74 Å². The fraction of sp³-hybridized carbons (Fsp3) is 0.139. The molecule has 204 valence electrons. The summed E-state index contributed by atoms with van der Waals surface area (Å²) in [6, 6.07) is 52.8. The molecule has 1 saturated heterocycles. The smallest absolute Gasteiger partial charge is 0.410 e. The average molecular weight is 574 g/mol. The number of amides is 1. The van der Waals surface area contributed by atoms with Gasteiger partial charge in [-0.25, -0.2) is 4.79 Å². The lowest BCUT2D eigenvalue weighted by Gasteiger charge is -2.28. The van der Waals surface area contributed by atoms with Crippen LogP contribution in [0.15, 0.2) is 152 Å². The molecule has 1 amide bonds. The molecule has 2 atom stereocenters. The van der Waals surface area contributed by atoms with Gasteiger partial charge < -0.3 is 9.64 Å². The van der Waals surface area contributed by atoms with Gasteiger partial charge in [0.1, 0.15) is 5.75 Å². The monoisotopic (exact) mass is 573 g/mol. The first-order valence-corrected chi connectivity index (χ1v) is 17.0.